The molecule has 0 spiro atoms. The van der Waals surface area contributed by atoms with E-state index in [1.54, 1.807) is 0 Å². The highest BCUT2D eigenvalue weighted by Gasteiger charge is 2.07. The van der Waals surface area contributed by atoms with Crippen LogP contribution in [-0.2, 0) is 16.1 Å². The highest BCUT2D eigenvalue weighted by Crippen LogP contribution is 2.27. The molecule has 0 radical (unpaired) electrons. The molecule has 1 heterocycles. The van der Waals surface area contributed by atoms with Crippen molar-refractivity contribution < 1.29 is 19.0 Å². The van der Waals surface area contributed by atoms with Gasteiger partial charge in [0.15, 0.2) is 11.5 Å². The van der Waals surface area contributed by atoms with Gasteiger partial charge in [-0.2, -0.15) is 0 Å². The first-order valence-corrected chi connectivity index (χ1v) is 9.61. The monoisotopic (exact) mass is 379 g/mol. The minimum Gasteiger partial charge on any atom is -0.490 e. The fourth-order valence-electron chi connectivity index (χ4n) is 2.82. The van der Waals surface area contributed by atoms with Crippen LogP contribution in [0.3, 0.4) is 0 Å². The van der Waals surface area contributed by atoms with Crippen molar-refractivity contribution in [3.8, 4) is 11.5 Å². The molecule has 0 saturated heterocycles. The van der Waals surface area contributed by atoms with Crippen LogP contribution in [0.4, 0.5) is 0 Å². The zero-order chi connectivity index (χ0) is 19.6. The Morgan fingerprint density at radius 2 is 1.64 bits per heavy atom. The third-order valence-corrected chi connectivity index (χ3v) is 4.22. The molecule has 0 aliphatic rings. The topological polar surface area (TPSA) is 57.7 Å². The fraction of sp³-hybridized carbons (Fsp3) is 0.304. The molecule has 2 aromatic carbocycles. The van der Waals surface area contributed by atoms with Crippen LogP contribution in [0.25, 0.3) is 10.9 Å². The molecule has 0 N–H and O–H groups in total. The van der Waals surface area contributed by atoms with E-state index in [0.717, 1.165) is 29.4 Å². The Kier molecular flexibility index (Phi) is 7.24. The Morgan fingerprint density at radius 1 is 0.893 bits per heavy atom. The molecule has 0 saturated carbocycles. The Labute approximate surface area is 165 Å². The summed E-state index contributed by atoms with van der Waals surface area (Å²) in [5.74, 6) is 1.22. The SMILES string of the molecule is CCOC(=O)CCCCOc1ccccc1OCc1ccc2ccccc2n1. The van der Waals surface area contributed by atoms with Gasteiger partial charge in [-0.05, 0) is 44.0 Å². The lowest BCUT2D eigenvalue weighted by atomic mass is 10.2. The average Bonchev–Trinajstić information content (AvgIpc) is 2.73. The van der Waals surface area contributed by atoms with Crippen LogP contribution in [0.15, 0.2) is 60.7 Å². The first-order chi connectivity index (χ1) is 13.8. The van der Waals surface area contributed by atoms with Crippen LogP contribution in [0, 0.1) is 0 Å². The number of hydrogen-bond donors (Lipinski definition) is 0. The van der Waals surface area contributed by atoms with E-state index in [1.807, 2.05) is 67.6 Å². The van der Waals surface area contributed by atoms with Gasteiger partial charge in [-0.25, -0.2) is 4.98 Å². The lowest BCUT2D eigenvalue weighted by Crippen LogP contribution is -2.05. The Hall–Kier alpha value is -3.08. The predicted octanol–water partition coefficient (Wildman–Crippen LogP) is 4.93. The number of benzene rings is 2. The third-order valence-electron chi connectivity index (χ3n) is 4.22. The maximum atomic E-state index is 11.3. The van der Waals surface area contributed by atoms with Gasteiger partial charge in [-0.3, -0.25) is 4.79 Å². The maximum Gasteiger partial charge on any atom is 0.305 e. The third kappa shape index (κ3) is 5.71. The lowest BCUT2D eigenvalue weighted by Gasteiger charge is -2.12. The Bertz CT molecular complexity index is 910. The Balaban J connectivity index is 1.51. The van der Waals surface area contributed by atoms with Crippen LogP contribution in [0.5, 0.6) is 11.5 Å². The van der Waals surface area contributed by atoms with Crippen LogP contribution in [-0.4, -0.2) is 24.2 Å². The van der Waals surface area contributed by atoms with Crippen molar-refractivity contribution in [1.29, 1.82) is 0 Å². The van der Waals surface area contributed by atoms with Gasteiger partial charge in [0.05, 0.1) is 24.4 Å². The standard InChI is InChI=1S/C23H25NO4/c1-2-26-23(25)13-7-8-16-27-21-11-5-6-12-22(21)28-17-19-15-14-18-9-3-4-10-20(18)24-19/h3-6,9-12,14-15H,2,7-8,13,16-17H2,1H3. The first kappa shape index (κ1) is 19.7. The number of carbonyl (C=O) groups is 1. The summed E-state index contributed by atoms with van der Waals surface area (Å²) in [6.07, 6.45) is 1.94. The van der Waals surface area contributed by atoms with E-state index in [2.05, 4.69) is 4.98 Å². The van der Waals surface area contributed by atoms with E-state index in [1.165, 1.54) is 0 Å². The molecule has 5 heteroatoms. The molecule has 0 bridgehead atoms. The summed E-state index contributed by atoms with van der Waals surface area (Å²) in [7, 11) is 0. The highest BCUT2D eigenvalue weighted by molar-refractivity contribution is 5.78. The number of carbonyl (C=O) groups excluding carboxylic acids is 1. The number of para-hydroxylation sites is 3. The molecule has 0 unspecified atom stereocenters. The summed E-state index contributed by atoms with van der Waals surface area (Å²) in [4.78, 5) is 16.0. The fourth-order valence-corrected chi connectivity index (χ4v) is 2.82. The Morgan fingerprint density at radius 3 is 2.46 bits per heavy atom. The molecule has 0 amide bonds. The summed E-state index contributed by atoms with van der Waals surface area (Å²) in [5.41, 5.74) is 1.82. The van der Waals surface area contributed by atoms with Gasteiger partial charge < -0.3 is 14.2 Å². The van der Waals surface area contributed by atoms with Gasteiger partial charge in [0.2, 0.25) is 0 Å². The van der Waals surface area contributed by atoms with Gasteiger partial charge in [0, 0.05) is 11.8 Å². The van der Waals surface area contributed by atoms with Crippen LogP contribution < -0.4 is 9.47 Å². The normalized spacial score (nSPS) is 10.6. The zero-order valence-electron chi connectivity index (χ0n) is 16.1. The molecule has 5 nitrogen and oxygen atoms in total. The summed E-state index contributed by atoms with van der Waals surface area (Å²) < 4.78 is 16.7. The summed E-state index contributed by atoms with van der Waals surface area (Å²) >= 11 is 0. The number of unbranched alkanes of at least 4 members (excludes halogenated alkanes) is 1. The molecule has 146 valence electrons. The van der Waals surface area contributed by atoms with Gasteiger partial charge >= 0.3 is 5.97 Å². The molecule has 0 atom stereocenters. The van der Waals surface area contributed by atoms with Crippen LogP contribution in [0.2, 0.25) is 0 Å². The van der Waals surface area contributed by atoms with Crippen molar-refractivity contribution in [2.75, 3.05) is 13.2 Å². The second kappa shape index (κ2) is 10.3. The second-order valence-corrected chi connectivity index (χ2v) is 6.34. The van der Waals surface area contributed by atoms with Crippen molar-refractivity contribution in [2.24, 2.45) is 0 Å². The van der Waals surface area contributed by atoms with Crippen molar-refractivity contribution in [1.82, 2.24) is 4.98 Å². The van der Waals surface area contributed by atoms with E-state index >= 15 is 0 Å². The zero-order valence-corrected chi connectivity index (χ0v) is 16.1. The van der Waals surface area contributed by atoms with E-state index in [0.29, 0.717) is 37.7 Å². The molecular weight excluding hydrogens is 354 g/mol. The van der Waals surface area contributed by atoms with E-state index in [9.17, 15) is 4.79 Å². The van der Waals surface area contributed by atoms with Crippen molar-refractivity contribution in [3.63, 3.8) is 0 Å². The molecular formula is C23H25NO4. The van der Waals surface area contributed by atoms with Crippen molar-refractivity contribution >= 4 is 16.9 Å². The van der Waals surface area contributed by atoms with Crippen molar-refractivity contribution in [3.05, 3.63) is 66.4 Å². The summed E-state index contributed by atoms with van der Waals surface area (Å²) in [6, 6.07) is 19.6. The maximum absolute atomic E-state index is 11.3. The van der Waals surface area contributed by atoms with Gasteiger partial charge in [-0.15, -0.1) is 0 Å². The van der Waals surface area contributed by atoms with Crippen molar-refractivity contribution in [2.45, 2.75) is 32.8 Å². The van der Waals surface area contributed by atoms with E-state index in [4.69, 9.17) is 14.2 Å². The number of aromatic nitrogens is 1. The van der Waals surface area contributed by atoms with E-state index < -0.39 is 0 Å². The number of hydrogen-bond acceptors (Lipinski definition) is 5. The number of pyridine rings is 1. The molecule has 0 aliphatic carbocycles. The number of nitrogens with zero attached hydrogens (tertiary/aromatic N) is 1. The van der Waals surface area contributed by atoms with Crippen LogP contribution in [0.1, 0.15) is 31.9 Å². The van der Waals surface area contributed by atoms with Gasteiger partial charge in [0.1, 0.15) is 6.61 Å². The number of rotatable bonds is 10. The molecule has 3 aromatic rings. The number of esters is 1. The summed E-state index contributed by atoms with van der Waals surface area (Å²) in [6.45, 7) is 3.12. The lowest BCUT2D eigenvalue weighted by molar-refractivity contribution is -0.143. The van der Waals surface area contributed by atoms with Crippen LogP contribution >= 0.6 is 0 Å². The molecule has 28 heavy (non-hydrogen) atoms. The molecule has 0 aliphatic heterocycles. The molecule has 1 aromatic heterocycles. The van der Waals surface area contributed by atoms with E-state index in [-0.39, 0.29) is 5.97 Å². The average molecular weight is 379 g/mol. The summed E-state index contributed by atoms with van der Waals surface area (Å²) in [5, 5.41) is 1.11. The number of fused-ring (bicyclic) bond motifs is 1. The molecule has 0 fully saturated rings. The predicted molar refractivity (Wildman–Crippen MR) is 108 cm³/mol. The first-order valence-electron chi connectivity index (χ1n) is 9.61. The minimum absolute atomic E-state index is 0.158. The number of ether oxygens (including phenoxy) is 3. The second-order valence-electron chi connectivity index (χ2n) is 6.34. The minimum atomic E-state index is -0.158. The van der Waals surface area contributed by atoms with Gasteiger partial charge in [-0.1, -0.05) is 36.4 Å². The quantitative estimate of drug-likeness (QED) is 0.369. The smallest absolute Gasteiger partial charge is 0.305 e. The van der Waals surface area contributed by atoms with Gasteiger partial charge in [0.25, 0.3) is 0 Å². The largest absolute Gasteiger partial charge is 0.490 e. The highest BCUT2D eigenvalue weighted by atomic mass is 16.5. The molecule has 3 rings (SSSR count).